The first-order valence-electron chi connectivity index (χ1n) is 8.39. The van der Waals surface area contributed by atoms with E-state index in [1.807, 2.05) is 36.1 Å². The van der Waals surface area contributed by atoms with Gasteiger partial charge in [-0.05, 0) is 50.3 Å². The average Bonchev–Trinajstić information content (AvgIpc) is 3.39. The highest BCUT2D eigenvalue weighted by atomic mass is 79.9. The fourth-order valence-electron chi connectivity index (χ4n) is 3.17. The molecule has 0 spiro atoms. The van der Waals surface area contributed by atoms with Gasteiger partial charge in [-0.2, -0.15) is 0 Å². The Bertz CT molecular complexity index is 600. The number of carbonyl (C=O) groups excluding carboxylic acids is 2. The molecule has 3 rings (SSSR count). The van der Waals surface area contributed by atoms with E-state index >= 15 is 0 Å². The zero-order valence-electron chi connectivity index (χ0n) is 13.4. The van der Waals surface area contributed by atoms with E-state index in [9.17, 15) is 9.59 Å². The van der Waals surface area contributed by atoms with Crippen molar-refractivity contribution in [3.05, 3.63) is 34.3 Å². The van der Waals surface area contributed by atoms with Gasteiger partial charge in [-0.3, -0.25) is 9.59 Å². The maximum absolute atomic E-state index is 12.6. The van der Waals surface area contributed by atoms with Crippen LogP contribution in [0.15, 0.2) is 28.7 Å². The molecule has 23 heavy (non-hydrogen) atoms. The number of hydrogen-bond acceptors (Lipinski definition) is 2. The summed E-state index contributed by atoms with van der Waals surface area (Å²) in [6.45, 7) is 3.38. The second-order valence-electron chi connectivity index (χ2n) is 6.68. The second-order valence-corrected chi connectivity index (χ2v) is 7.60. The molecule has 1 heterocycles. The van der Waals surface area contributed by atoms with Gasteiger partial charge in [0.2, 0.25) is 11.8 Å². The van der Waals surface area contributed by atoms with Crippen LogP contribution in [0, 0.1) is 11.8 Å². The van der Waals surface area contributed by atoms with Gasteiger partial charge in [-0.1, -0.05) is 28.1 Å². The Morgan fingerprint density at radius 3 is 2.74 bits per heavy atom. The molecule has 1 saturated heterocycles. The SMILES string of the molecule is C[C@@H](NC(=O)[C@@H]1CCCN(C(=O)C2CC2)C1)c1cccc(Br)c1. The summed E-state index contributed by atoms with van der Waals surface area (Å²) in [5, 5.41) is 3.10. The molecule has 0 unspecified atom stereocenters. The summed E-state index contributed by atoms with van der Waals surface area (Å²) in [7, 11) is 0. The van der Waals surface area contributed by atoms with Crippen LogP contribution < -0.4 is 5.32 Å². The number of hydrogen-bond donors (Lipinski definition) is 1. The molecule has 2 amide bonds. The minimum atomic E-state index is -0.0824. The van der Waals surface area contributed by atoms with Crippen LogP contribution in [0.3, 0.4) is 0 Å². The van der Waals surface area contributed by atoms with Gasteiger partial charge in [0, 0.05) is 23.5 Å². The molecule has 1 aliphatic carbocycles. The summed E-state index contributed by atoms with van der Waals surface area (Å²) < 4.78 is 1.01. The summed E-state index contributed by atoms with van der Waals surface area (Å²) >= 11 is 3.46. The highest BCUT2D eigenvalue weighted by Gasteiger charge is 2.36. The molecule has 1 N–H and O–H groups in total. The van der Waals surface area contributed by atoms with Crippen molar-refractivity contribution in [2.45, 2.75) is 38.6 Å². The zero-order valence-corrected chi connectivity index (χ0v) is 15.0. The summed E-state index contributed by atoms with van der Waals surface area (Å²) in [6, 6.07) is 7.95. The maximum Gasteiger partial charge on any atom is 0.225 e. The second kappa shape index (κ2) is 7.04. The van der Waals surface area contributed by atoms with Crippen LogP contribution >= 0.6 is 15.9 Å². The highest BCUT2D eigenvalue weighted by molar-refractivity contribution is 9.10. The lowest BCUT2D eigenvalue weighted by atomic mass is 9.96. The highest BCUT2D eigenvalue weighted by Crippen LogP contribution is 2.32. The van der Waals surface area contributed by atoms with Gasteiger partial charge in [0.1, 0.15) is 0 Å². The van der Waals surface area contributed by atoms with Crippen molar-refractivity contribution < 1.29 is 9.59 Å². The predicted octanol–water partition coefficient (Wildman–Crippen LogP) is 3.27. The lowest BCUT2D eigenvalue weighted by molar-refractivity contribution is -0.137. The minimum absolute atomic E-state index is 0.0329. The normalized spacial score (nSPS) is 22.5. The number of nitrogens with one attached hydrogen (secondary N) is 1. The van der Waals surface area contributed by atoms with Gasteiger partial charge in [-0.15, -0.1) is 0 Å². The molecule has 2 aliphatic rings. The molecule has 4 nitrogen and oxygen atoms in total. The molecule has 5 heteroatoms. The topological polar surface area (TPSA) is 49.4 Å². The van der Waals surface area contributed by atoms with E-state index in [0.717, 1.165) is 42.3 Å². The lowest BCUT2D eigenvalue weighted by Crippen LogP contribution is -2.46. The monoisotopic (exact) mass is 378 g/mol. The third-order valence-corrected chi connectivity index (χ3v) is 5.23. The van der Waals surface area contributed by atoms with Crippen molar-refractivity contribution in [3.8, 4) is 0 Å². The Balaban J connectivity index is 1.57. The molecule has 0 radical (unpaired) electrons. The number of nitrogens with zero attached hydrogens (tertiary/aromatic N) is 1. The number of halogens is 1. The molecule has 1 aromatic rings. The molecule has 0 aromatic heterocycles. The molecule has 1 aliphatic heterocycles. The van der Waals surface area contributed by atoms with Crippen LogP contribution in [-0.4, -0.2) is 29.8 Å². The van der Waals surface area contributed by atoms with Crippen LogP contribution in [0.1, 0.15) is 44.2 Å². The van der Waals surface area contributed by atoms with Crippen molar-refractivity contribution in [1.29, 1.82) is 0 Å². The predicted molar refractivity (Wildman–Crippen MR) is 92.7 cm³/mol. The number of likely N-dealkylation sites (tertiary alicyclic amines) is 1. The van der Waals surface area contributed by atoms with Crippen molar-refractivity contribution >= 4 is 27.7 Å². The summed E-state index contributed by atoms with van der Waals surface area (Å²) in [5.41, 5.74) is 1.08. The lowest BCUT2D eigenvalue weighted by Gasteiger charge is -2.32. The number of carbonyl (C=O) groups is 2. The molecule has 124 valence electrons. The number of piperidine rings is 1. The van der Waals surface area contributed by atoms with Gasteiger partial charge < -0.3 is 10.2 Å². The van der Waals surface area contributed by atoms with E-state index in [1.54, 1.807) is 0 Å². The van der Waals surface area contributed by atoms with Crippen LogP contribution in [-0.2, 0) is 9.59 Å². The van der Waals surface area contributed by atoms with E-state index in [0.29, 0.717) is 6.54 Å². The Labute approximate surface area is 145 Å². The summed E-state index contributed by atoms with van der Waals surface area (Å²) in [6.07, 6.45) is 3.82. The Kier molecular flexibility index (Phi) is 5.05. The van der Waals surface area contributed by atoms with Crippen molar-refractivity contribution in [2.24, 2.45) is 11.8 Å². The number of benzene rings is 1. The van der Waals surface area contributed by atoms with Crippen molar-refractivity contribution in [3.63, 3.8) is 0 Å². The standard InChI is InChI=1S/C18H23BrN2O2/c1-12(14-4-2-6-16(19)10-14)20-17(22)15-5-3-9-21(11-15)18(23)13-7-8-13/h2,4,6,10,12-13,15H,3,5,7-9,11H2,1H3,(H,20,22)/t12-,15-/m1/s1. The van der Waals surface area contributed by atoms with Crippen LogP contribution in [0.25, 0.3) is 0 Å². The van der Waals surface area contributed by atoms with Gasteiger partial charge in [-0.25, -0.2) is 0 Å². The number of amides is 2. The quantitative estimate of drug-likeness (QED) is 0.873. The Morgan fingerprint density at radius 2 is 2.04 bits per heavy atom. The van der Waals surface area contributed by atoms with E-state index in [4.69, 9.17) is 0 Å². The third kappa shape index (κ3) is 4.14. The van der Waals surface area contributed by atoms with Crippen molar-refractivity contribution in [1.82, 2.24) is 10.2 Å². The Hall–Kier alpha value is -1.36. The van der Waals surface area contributed by atoms with Crippen LogP contribution in [0.2, 0.25) is 0 Å². The molecule has 2 atom stereocenters. The van der Waals surface area contributed by atoms with E-state index in [1.165, 1.54) is 0 Å². The molecule has 2 fully saturated rings. The molecule has 1 aromatic carbocycles. The first-order valence-corrected chi connectivity index (χ1v) is 9.18. The molecular formula is C18H23BrN2O2. The van der Waals surface area contributed by atoms with Gasteiger partial charge in [0.25, 0.3) is 0 Å². The third-order valence-electron chi connectivity index (χ3n) is 4.74. The first-order chi connectivity index (χ1) is 11.0. The van der Waals surface area contributed by atoms with Crippen LogP contribution in [0.4, 0.5) is 0 Å². The molecule has 1 saturated carbocycles. The van der Waals surface area contributed by atoms with Gasteiger partial charge in [0.15, 0.2) is 0 Å². The van der Waals surface area contributed by atoms with Crippen molar-refractivity contribution in [2.75, 3.05) is 13.1 Å². The van der Waals surface area contributed by atoms with E-state index < -0.39 is 0 Å². The van der Waals surface area contributed by atoms with Gasteiger partial charge >= 0.3 is 0 Å². The van der Waals surface area contributed by atoms with Gasteiger partial charge in [0.05, 0.1) is 12.0 Å². The average molecular weight is 379 g/mol. The summed E-state index contributed by atoms with van der Waals surface area (Å²) in [4.78, 5) is 26.7. The largest absolute Gasteiger partial charge is 0.349 e. The Morgan fingerprint density at radius 1 is 1.26 bits per heavy atom. The summed E-state index contributed by atoms with van der Waals surface area (Å²) in [5.74, 6) is 0.465. The molecular weight excluding hydrogens is 356 g/mol. The fourth-order valence-corrected chi connectivity index (χ4v) is 3.59. The maximum atomic E-state index is 12.6. The fraction of sp³-hybridized carbons (Fsp3) is 0.556. The minimum Gasteiger partial charge on any atom is -0.349 e. The van der Waals surface area contributed by atoms with E-state index in [2.05, 4.69) is 21.2 Å². The van der Waals surface area contributed by atoms with E-state index in [-0.39, 0.29) is 29.7 Å². The smallest absolute Gasteiger partial charge is 0.225 e. The first kappa shape index (κ1) is 16.5. The molecule has 0 bridgehead atoms. The number of rotatable bonds is 4. The van der Waals surface area contributed by atoms with Crippen LogP contribution in [0.5, 0.6) is 0 Å². The zero-order chi connectivity index (χ0) is 16.4.